The Kier molecular flexibility index (Phi) is 6.06. The van der Waals surface area contributed by atoms with E-state index in [0.29, 0.717) is 17.2 Å². The molecule has 0 atom stereocenters. The number of benzene rings is 3. The summed E-state index contributed by atoms with van der Waals surface area (Å²) in [7, 11) is -3.75. The lowest BCUT2D eigenvalue weighted by molar-refractivity contribution is 0.480. The molecule has 0 aliphatic heterocycles. The molecule has 0 aliphatic rings. The molecule has 0 spiro atoms. The molecule has 0 saturated carbocycles. The molecule has 0 heterocycles. The van der Waals surface area contributed by atoms with Crippen molar-refractivity contribution in [3.8, 4) is 17.6 Å². The lowest BCUT2D eigenvalue weighted by Gasteiger charge is -2.19. The molecule has 0 unspecified atom stereocenters. The first-order valence-corrected chi connectivity index (χ1v) is 11.1. The van der Waals surface area contributed by atoms with Crippen LogP contribution in [0.5, 0.6) is 11.5 Å². The zero-order valence-electron chi connectivity index (χ0n) is 16.8. The largest absolute Gasteiger partial charge is 0.456 e. The van der Waals surface area contributed by atoms with Gasteiger partial charge >= 0.3 is 0 Å². The van der Waals surface area contributed by atoms with Gasteiger partial charge in [0, 0.05) is 5.69 Å². The molecule has 3 aromatic carbocycles. The number of sulfonamides is 1. The summed E-state index contributed by atoms with van der Waals surface area (Å²) in [5.41, 5.74) is 1.81. The Morgan fingerprint density at radius 2 is 1.60 bits per heavy atom. The van der Waals surface area contributed by atoms with Crippen LogP contribution >= 0.6 is 11.6 Å². The lowest BCUT2D eigenvalue weighted by atomic mass is 9.87. The molecule has 3 rings (SSSR count). The number of nitrogens with zero attached hydrogens (tertiary/aromatic N) is 1. The molecule has 0 aromatic heterocycles. The van der Waals surface area contributed by atoms with Crippen molar-refractivity contribution in [1.82, 2.24) is 0 Å². The third kappa shape index (κ3) is 4.93. The number of halogens is 1. The fourth-order valence-electron chi connectivity index (χ4n) is 2.76. The summed E-state index contributed by atoms with van der Waals surface area (Å²) in [4.78, 5) is 0.0985. The maximum absolute atomic E-state index is 12.7. The van der Waals surface area contributed by atoms with Crippen molar-refractivity contribution in [3.63, 3.8) is 0 Å². The van der Waals surface area contributed by atoms with Gasteiger partial charge in [-0.2, -0.15) is 5.26 Å². The van der Waals surface area contributed by atoms with Gasteiger partial charge in [-0.25, -0.2) is 8.42 Å². The third-order valence-corrected chi connectivity index (χ3v) is 6.16. The highest BCUT2D eigenvalue weighted by Gasteiger charge is 2.17. The zero-order valence-corrected chi connectivity index (χ0v) is 18.4. The van der Waals surface area contributed by atoms with Gasteiger partial charge in [0.05, 0.1) is 9.92 Å². The summed E-state index contributed by atoms with van der Waals surface area (Å²) in [5, 5.41) is 9.52. The van der Waals surface area contributed by atoms with Crippen LogP contribution in [-0.2, 0) is 15.4 Å². The van der Waals surface area contributed by atoms with Crippen LogP contribution < -0.4 is 9.46 Å². The van der Waals surface area contributed by atoms with Gasteiger partial charge in [0.25, 0.3) is 10.0 Å². The van der Waals surface area contributed by atoms with Crippen molar-refractivity contribution in [2.45, 2.75) is 31.1 Å². The second-order valence-electron chi connectivity index (χ2n) is 7.73. The number of nitrogens with one attached hydrogen (secondary N) is 1. The molecule has 0 saturated heterocycles. The molecule has 5 nitrogen and oxygen atoms in total. The predicted molar refractivity (Wildman–Crippen MR) is 119 cm³/mol. The van der Waals surface area contributed by atoms with Gasteiger partial charge in [0.15, 0.2) is 0 Å². The SMILES string of the molecule is CC(C)(C)c1ccc(NS(=O)(=O)c2ccc(Oc3cccc(Cl)c3C#N)cc2)cc1. The highest BCUT2D eigenvalue weighted by molar-refractivity contribution is 7.92. The van der Waals surface area contributed by atoms with Crippen molar-refractivity contribution >= 4 is 27.3 Å². The van der Waals surface area contributed by atoms with Crippen LogP contribution in [0.25, 0.3) is 0 Å². The van der Waals surface area contributed by atoms with E-state index in [-0.39, 0.29) is 20.9 Å². The normalized spacial score (nSPS) is 11.6. The van der Waals surface area contributed by atoms with Gasteiger partial charge in [-0.1, -0.05) is 50.6 Å². The molecule has 7 heteroatoms. The minimum atomic E-state index is -3.75. The Morgan fingerprint density at radius 3 is 2.17 bits per heavy atom. The Labute approximate surface area is 181 Å². The molecular formula is C23H21ClN2O3S. The Bertz CT molecular complexity index is 1190. The quantitative estimate of drug-likeness (QED) is 0.519. The van der Waals surface area contributed by atoms with E-state index < -0.39 is 10.0 Å². The van der Waals surface area contributed by atoms with Gasteiger partial charge in [0.2, 0.25) is 0 Å². The summed E-state index contributed by atoms with van der Waals surface area (Å²) in [6.07, 6.45) is 0. The van der Waals surface area contributed by atoms with Crippen LogP contribution in [0.4, 0.5) is 5.69 Å². The van der Waals surface area contributed by atoms with Crippen molar-refractivity contribution in [2.75, 3.05) is 4.72 Å². The minimum absolute atomic E-state index is 0.0123. The van der Waals surface area contributed by atoms with E-state index in [1.807, 2.05) is 18.2 Å². The fourth-order valence-corrected chi connectivity index (χ4v) is 4.03. The average molecular weight is 441 g/mol. The summed E-state index contributed by atoms with van der Waals surface area (Å²) in [6.45, 7) is 6.29. The van der Waals surface area contributed by atoms with Crippen molar-refractivity contribution in [3.05, 3.63) is 82.9 Å². The number of hydrogen-bond donors (Lipinski definition) is 1. The van der Waals surface area contributed by atoms with E-state index in [4.69, 9.17) is 16.3 Å². The van der Waals surface area contributed by atoms with Crippen molar-refractivity contribution in [1.29, 1.82) is 5.26 Å². The Hall–Kier alpha value is -3.01. The highest BCUT2D eigenvalue weighted by Crippen LogP contribution is 2.30. The summed E-state index contributed by atoms with van der Waals surface area (Å²) in [5.74, 6) is 0.694. The van der Waals surface area contributed by atoms with Gasteiger partial charge in [0.1, 0.15) is 23.1 Å². The van der Waals surface area contributed by atoms with Gasteiger partial charge in [-0.05, 0) is 59.5 Å². The molecule has 3 aromatic rings. The van der Waals surface area contributed by atoms with Crippen LogP contribution in [0.1, 0.15) is 31.9 Å². The van der Waals surface area contributed by atoms with E-state index in [0.717, 1.165) is 5.56 Å². The molecule has 0 radical (unpaired) electrons. The number of ether oxygens (including phenoxy) is 1. The predicted octanol–water partition coefficient (Wildman–Crippen LogP) is 6.10. The molecule has 0 amide bonds. The molecule has 1 N–H and O–H groups in total. The number of nitriles is 1. The highest BCUT2D eigenvalue weighted by atomic mass is 35.5. The monoisotopic (exact) mass is 440 g/mol. The number of anilines is 1. The van der Waals surface area contributed by atoms with E-state index in [9.17, 15) is 13.7 Å². The Balaban J connectivity index is 1.77. The van der Waals surface area contributed by atoms with E-state index in [2.05, 4.69) is 25.5 Å². The van der Waals surface area contributed by atoms with Gasteiger partial charge < -0.3 is 4.74 Å². The molecule has 30 heavy (non-hydrogen) atoms. The van der Waals surface area contributed by atoms with Crippen LogP contribution in [0, 0.1) is 11.3 Å². The molecule has 0 aliphatic carbocycles. The van der Waals surface area contributed by atoms with Crippen LogP contribution in [0.15, 0.2) is 71.6 Å². The van der Waals surface area contributed by atoms with E-state index in [1.165, 1.54) is 24.3 Å². The summed E-state index contributed by atoms with van der Waals surface area (Å²) < 4.78 is 33.6. The lowest BCUT2D eigenvalue weighted by Crippen LogP contribution is -2.14. The second kappa shape index (κ2) is 8.39. The van der Waals surface area contributed by atoms with Crippen molar-refractivity contribution < 1.29 is 13.2 Å². The van der Waals surface area contributed by atoms with Gasteiger partial charge in [-0.15, -0.1) is 0 Å². The van der Waals surface area contributed by atoms with Gasteiger partial charge in [-0.3, -0.25) is 4.72 Å². The van der Waals surface area contributed by atoms with Crippen LogP contribution in [-0.4, -0.2) is 8.42 Å². The Morgan fingerprint density at radius 1 is 0.967 bits per heavy atom. The molecule has 154 valence electrons. The molecular weight excluding hydrogens is 420 g/mol. The first-order chi connectivity index (χ1) is 14.1. The maximum Gasteiger partial charge on any atom is 0.261 e. The minimum Gasteiger partial charge on any atom is -0.456 e. The average Bonchev–Trinajstić information content (AvgIpc) is 2.68. The van der Waals surface area contributed by atoms with E-state index in [1.54, 1.807) is 30.3 Å². The molecule has 0 fully saturated rings. The summed E-state index contributed by atoms with van der Waals surface area (Å²) >= 11 is 6.00. The van der Waals surface area contributed by atoms with Crippen LogP contribution in [0.3, 0.4) is 0 Å². The van der Waals surface area contributed by atoms with Crippen LogP contribution in [0.2, 0.25) is 5.02 Å². The zero-order chi connectivity index (χ0) is 21.9. The molecule has 0 bridgehead atoms. The third-order valence-electron chi connectivity index (χ3n) is 4.45. The summed E-state index contributed by atoms with van der Waals surface area (Å²) in [6, 6.07) is 20.1. The first kappa shape index (κ1) is 21.7. The first-order valence-electron chi connectivity index (χ1n) is 9.20. The standard InChI is InChI=1S/C23H21ClN2O3S/c1-23(2,3)16-7-9-17(10-8-16)26-30(27,28)19-13-11-18(12-14-19)29-22-6-4-5-21(24)20(22)15-25/h4-14,26H,1-3H3. The smallest absolute Gasteiger partial charge is 0.261 e. The number of hydrogen-bond acceptors (Lipinski definition) is 4. The second-order valence-corrected chi connectivity index (χ2v) is 9.82. The van der Waals surface area contributed by atoms with E-state index >= 15 is 0 Å². The maximum atomic E-state index is 12.7. The van der Waals surface area contributed by atoms with Crippen molar-refractivity contribution in [2.24, 2.45) is 0 Å². The number of rotatable bonds is 5. The topological polar surface area (TPSA) is 79.2 Å². The fraction of sp³-hybridized carbons (Fsp3) is 0.174.